The Morgan fingerprint density at radius 3 is 2.52 bits per heavy atom. The van der Waals surface area contributed by atoms with Gasteiger partial charge in [-0.15, -0.1) is 0 Å². The maximum atomic E-state index is 12.8. The van der Waals surface area contributed by atoms with E-state index in [1.165, 1.54) is 6.42 Å². The molecule has 9 heteroatoms. The summed E-state index contributed by atoms with van der Waals surface area (Å²) in [6.45, 7) is 5.34. The van der Waals surface area contributed by atoms with Crippen LogP contribution < -0.4 is 0 Å². The number of nitrogens with zero attached hydrogens (tertiary/aromatic N) is 4. The molecule has 0 N–H and O–H groups in total. The first-order chi connectivity index (χ1) is 12.8. The molecular formula is C18H28N4O4S. The van der Waals surface area contributed by atoms with Crippen LogP contribution in [0.4, 0.5) is 0 Å². The van der Waals surface area contributed by atoms with E-state index in [4.69, 9.17) is 4.52 Å². The van der Waals surface area contributed by atoms with Crippen LogP contribution in [0.25, 0.3) is 0 Å². The van der Waals surface area contributed by atoms with Gasteiger partial charge in [0.15, 0.2) is 5.82 Å². The van der Waals surface area contributed by atoms with Crippen molar-refractivity contribution in [3.63, 3.8) is 0 Å². The Balaban J connectivity index is 1.53. The van der Waals surface area contributed by atoms with Crippen molar-refractivity contribution in [1.29, 1.82) is 0 Å². The van der Waals surface area contributed by atoms with E-state index in [1.807, 2.05) is 4.90 Å². The summed E-state index contributed by atoms with van der Waals surface area (Å²) in [7, 11) is -3.30. The van der Waals surface area contributed by atoms with E-state index in [-0.39, 0.29) is 28.9 Å². The van der Waals surface area contributed by atoms with Gasteiger partial charge in [0.25, 0.3) is 0 Å². The van der Waals surface area contributed by atoms with E-state index in [1.54, 1.807) is 18.2 Å². The Morgan fingerprint density at radius 1 is 1.22 bits per heavy atom. The molecule has 0 aromatic carbocycles. The second kappa shape index (κ2) is 6.84. The van der Waals surface area contributed by atoms with Crippen molar-refractivity contribution in [2.45, 2.75) is 51.9 Å². The summed E-state index contributed by atoms with van der Waals surface area (Å²) in [6.07, 6.45) is 5.43. The quantitative estimate of drug-likeness (QED) is 0.766. The largest absolute Gasteiger partial charge is 0.341 e. The van der Waals surface area contributed by atoms with Crippen LogP contribution in [-0.2, 0) is 14.8 Å². The van der Waals surface area contributed by atoms with Crippen LogP contribution >= 0.6 is 0 Å². The normalized spacial score (nSPS) is 26.4. The summed E-state index contributed by atoms with van der Waals surface area (Å²) in [4.78, 5) is 19.1. The molecular weight excluding hydrogens is 368 g/mol. The molecule has 1 aliphatic carbocycles. The summed E-state index contributed by atoms with van der Waals surface area (Å²) in [6, 6.07) is 0. The Kier molecular flexibility index (Phi) is 4.78. The van der Waals surface area contributed by atoms with Crippen LogP contribution in [0.5, 0.6) is 0 Å². The standard InChI is InChI=1S/C18H28N4O4S/c1-3-27(24,25)22-9-15(16-19-13(2)20-26-16)18(12-22)10-21(11-18)17(23)14-7-5-4-6-8-14/h14-15H,3-12H2,1-2H3. The number of amides is 1. The van der Waals surface area contributed by atoms with Gasteiger partial charge < -0.3 is 9.42 Å². The molecule has 3 fully saturated rings. The Bertz CT molecular complexity index is 809. The minimum absolute atomic E-state index is 0.0728. The molecule has 3 heterocycles. The number of hydrogen-bond acceptors (Lipinski definition) is 6. The number of aromatic nitrogens is 2. The summed E-state index contributed by atoms with van der Waals surface area (Å²) >= 11 is 0. The highest BCUT2D eigenvalue weighted by Gasteiger charge is 2.59. The third-order valence-electron chi connectivity index (χ3n) is 6.49. The van der Waals surface area contributed by atoms with Crippen molar-refractivity contribution in [3.05, 3.63) is 11.7 Å². The molecule has 1 atom stereocenters. The molecule has 4 rings (SSSR count). The lowest BCUT2D eigenvalue weighted by Crippen LogP contribution is -2.62. The molecule has 8 nitrogen and oxygen atoms in total. The number of rotatable bonds is 4. The van der Waals surface area contributed by atoms with Crippen LogP contribution in [0.15, 0.2) is 4.52 Å². The smallest absolute Gasteiger partial charge is 0.231 e. The minimum atomic E-state index is -3.30. The molecule has 2 saturated heterocycles. The average Bonchev–Trinajstić information content (AvgIpc) is 3.24. The molecule has 0 radical (unpaired) electrons. The first kappa shape index (κ1) is 18.9. The molecule has 1 aromatic rings. The summed E-state index contributed by atoms with van der Waals surface area (Å²) in [5.74, 6) is 1.33. The fraction of sp³-hybridized carbons (Fsp3) is 0.833. The van der Waals surface area contributed by atoms with Gasteiger partial charge in [0.05, 0.1) is 11.7 Å². The van der Waals surface area contributed by atoms with Crippen LogP contribution in [0.3, 0.4) is 0 Å². The number of likely N-dealkylation sites (tertiary alicyclic amines) is 1. The highest BCUT2D eigenvalue weighted by atomic mass is 32.2. The molecule has 1 unspecified atom stereocenters. The van der Waals surface area contributed by atoms with E-state index in [9.17, 15) is 13.2 Å². The van der Waals surface area contributed by atoms with Crippen LogP contribution in [0.1, 0.15) is 56.7 Å². The third kappa shape index (κ3) is 3.29. The maximum absolute atomic E-state index is 12.8. The third-order valence-corrected chi connectivity index (χ3v) is 8.29. The van der Waals surface area contributed by atoms with Crippen LogP contribution in [-0.4, -0.2) is 65.6 Å². The SMILES string of the molecule is CCS(=O)(=O)N1CC(c2nc(C)no2)C2(CN(C(=O)C3CCCCC3)C2)C1. The zero-order valence-corrected chi connectivity index (χ0v) is 16.9. The van der Waals surface area contributed by atoms with Crippen molar-refractivity contribution in [3.8, 4) is 0 Å². The summed E-state index contributed by atoms with van der Waals surface area (Å²) in [5.41, 5.74) is -0.314. The number of carbonyl (C=O) groups excluding carboxylic acids is 1. The molecule has 3 aliphatic rings. The summed E-state index contributed by atoms with van der Waals surface area (Å²) < 4.78 is 31.8. The van der Waals surface area contributed by atoms with Gasteiger partial charge in [-0.05, 0) is 26.7 Å². The molecule has 1 saturated carbocycles. The van der Waals surface area contributed by atoms with Crippen LogP contribution in [0, 0.1) is 18.3 Å². The van der Waals surface area contributed by atoms with Gasteiger partial charge in [0, 0.05) is 37.5 Å². The molecule has 27 heavy (non-hydrogen) atoms. The average molecular weight is 397 g/mol. The number of hydrogen-bond donors (Lipinski definition) is 0. The van der Waals surface area contributed by atoms with Crippen molar-refractivity contribution in [2.24, 2.45) is 11.3 Å². The van der Waals surface area contributed by atoms with Crippen molar-refractivity contribution >= 4 is 15.9 Å². The number of carbonyl (C=O) groups is 1. The fourth-order valence-corrected chi connectivity index (χ4v) is 6.11. The highest BCUT2D eigenvalue weighted by Crippen LogP contribution is 2.50. The highest BCUT2D eigenvalue weighted by molar-refractivity contribution is 7.89. The molecule has 1 amide bonds. The van der Waals surface area contributed by atoms with Gasteiger partial charge in [-0.3, -0.25) is 4.79 Å². The molecule has 2 aliphatic heterocycles. The fourth-order valence-electron chi connectivity index (χ4n) is 4.91. The predicted molar refractivity (Wildman–Crippen MR) is 98.4 cm³/mol. The lowest BCUT2D eigenvalue weighted by molar-refractivity contribution is -0.149. The second-order valence-corrected chi connectivity index (χ2v) is 10.6. The number of aryl methyl sites for hydroxylation is 1. The second-order valence-electron chi connectivity index (χ2n) is 8.32. The predicted octanol–water partition coefficient (Wildman–Crippen LogP) is 1.54. The topological polar surface area (TPSA) is 96.6 Å². The Hall–Kier alpha value is -1.48. The van der Waals surface area contributed by atoms with Gasteiger partial charge in [-0.1, -0.05) is 24.4 Å². The zero-order valence-electron chi connectivity index (χ0n) is 16.1. The molecule has 1 spiro atoms. The van der Waals surface area contributed by atoms with E-state index < -0.39 is 10.0 Å². The molecule has 1 aromatic heterocycles. The monoisotopic (exact) mass is 396 g/mol. The Labute approximate surface area is 160 Å². The zero-order chi connectivity index (χ0) is 19.2. The van der Waals surface area contributed by atoms with Gasteiger partial charge in [0.2, 0.25) is 21.8 Å². The first-order valence-corrected chi connectivity index (χ1v) is 11.5. The van der Waals surface area contributed by atoms with E-state index in [2.05, 4.69) is 10.1 Å². The van der Waals surface area contributed by atoms with E-state index >= 15 is 0 Å². The van der Waals surface area contributed by atoms with Gasteiger partial charge in [-0.2, -0.15) is 4.98 Å². The lowest BCUT2D eigenvalue weighted by Gasteiger charge is -2.51. The van der Waals surface area contributed by atoms with Crippen molar-refractivity contribution in [2.75, 3.05) is 31.9 Å². The van der Waals surface area contributed by atoms with Gasteiger partial charge >= 0.3 is 0 Å². The summed E-state index contributed by atoms with van der Waals surface area (Å²) in [5, 5.41) is 3.89. The van der Waals surface area contributed by atoms with E-state index in [0.29, 0.717) is 37.9 Å². The lowest BCUT2D eigenvalue weighted by atomic mass is 9.70. The minimum Gasteiger partial charge on any atom is -0.341 e. The van der Waals surface area contributed by atoms with Crippen molar-refractivity contribution < 1.29 is 17.7 Å². The first-order valence-electron chi connectivity index (χ1n) is 9.91. The van der Waals surface area contributed by atoms with Crippen LogP contribution in [0.2, 0.25) is 0 Å². The van der Waals surface area contributed by atoms with Gasteiger partial charge in [-0.25, -0.2) is 12.7 Å². The van der Waals surface area contributed by atoms with E-state index in [0.717, 1.165) is 25.7 Å². The molecule has 0 bridgehead atoms. The Morgan fingerprint density at radius 2 is 1.93 bits per heavy atom. The van der Waals surface area contributed by atoms with Gasteiger partial charge in [0.1, 0.15) is 0 Å². The maximum Gasteiger partial charge on any atom is 0.231 e. The molecule has 150 valence electrons. The number of sulfonamides is 1. The van der Waals surface area contributed by atoms with Crippen molar-refractivity contribution in [1.82, 2.24) is 19.3 Å².